The molecule has 3 heterocycles. The second-order valence-corrected chi connectivity index (χ2v) is 8.52. The number of sulfone groups is 1. The lowest BCUT2D eigenvalue weighted by atomic mass is 9.96. The molecule has 1 aromatic heterocycles. The lowest BCUT2D eigenvalue weighted by Gasteiger charge is -2.35. The van der Waals surface area contributed by atoms with Gasteiger partial charge in [0.15, 0.2) is 9.84 Å². The summed E-state index contributed by atoms with van der Waals surface area (Å²) in [6.07, 6.45) is 7.86. The highest BCUT2D eigenvalue weighted by atomic mass is 32.2. The lowest BCUT2D eigenvalue weighted by molar-refractivity contribution is 0.249. The zero-order valence-electron chi connectivity index (χ0n) is 13.2. The Balaban J connectivity index is 1.64. The van der Waals surface area contributed by atoms with Crippen LogP contribution in [0.4, 0.5) is 5.82 Å². The number of pyridine rings is 1. The first kappa shape index (κ1) is 15.7. The summed E-state index contributed by atoms with van der Waals surface area (Å²) in [6.45, 7) is 5.50. The van der Waals surface area contributed by atoms with Crippen molar-refractivity contribution in [3.63, 3.8) is 0 Å². The van der Waals surface area contributed by atoms with Crippen LogP contribution in [0, 0.1) is 5.92 Å². The van der Waals surface area contributed by atoms with Gasteiger partial charge < -0.3 is 9.80 Å². The average molecular weight is 323 g/mol. The van der Waals surface area contributed by atoms with Crippen LogP contribution in [0.3, 0.4) is 0 Å². The Hall–Kier alpha value is -1.14. The first-order chi connectivity index (χ1) is 10.5. The first-order valence-electron chi connectivity index (χ1n) is 8.16. The molecule has 0 bridgehead atoms. The summed E-state index contributed by atoms with van der Waals surface area (Å²) in [6, 6.07) is 3.36. The maximum absolute atomic E-state index is 11.9. The minimum Gasteiger partial charge on any atom is -0.356 e. The van der Waals surface area contributed by atoms with Crippen LogP contribution in [0.2, 0.25) is 0 Å². The van der Waals surface area contributed by atoms with E-state index in [4.69, 9.17) is 0 Å². The summed E-state index contributed by atoms with van der Waals surface area (Å²) < 4.78 is 23.8. The van der Waals surface area contributed by atoms with Crippen LogP contribution in [-0.2, 0) is 9.84 Å². The second-order valence-electron chi connectivity index (χ2n) is 6.54. The van der Waals surface area contributed by atoms with Gasteiger partial charge >= 0.3 is 0 Å². The van der Waals surface area contributed by atoms with E-state index in [0.29, 0.717) is 10.7 Å². The van der Waals surface area contributed by atoms with Crippen LogP contribution < -0.4 is 4.90 Å². The van der Waals surface area contributed by atoms with Gasteiger partial charge in [0.1, 0.15) is 10.7 Å². The zero-order chi connectivity index (χ0) is 15.6. The highest BCUT2D eigenvalue weighted by Crippen LogP contribution is 2.28. The average Bonchev–Trinajstić information content (AvgIpc) is 3.00. The van der Waals surface area contributed by atoms with Crippen molar-refractivity contribution in [3.8, 4) is 0 Å². The van der Waals surface area contributed by atoms with E-state index in [1.807, 2.05) is 0 Å². The van der Waals surface area contributed by atoms with Gasteiger partial charge in [-0.05, 0) is 56.8 Å². The van der Waals surface area contributed by atoms with Gasteiger partial charge in [-0.1, -0.05) is 0 Å². The number of piperidine rings is 1. The van der Waals surface area contributed by atoms with Gasteiger partial charge in [0.25, 0.3) is 0 Å². The zero-order valence-corrected chi connectivity index (χ0v) is 14.1. The van der Waals surface area contributed by atoms with Crippen molar-refractivity contribution in [2.24, 2.45) is 5.92 Å². The molecule has 0 amide bonds. The third kappa shape index (κ3) is 3.60. The number of aromatic nitrogens is 1. The number of likely N-dealkylation sites (tertiary alicyclic amines) is 1. The number of rotatable bonds is 4. The molecule has 22 heavy (non-hydrogen) atoms. The predicted molar refractivity (Wildman–Crippen MR) is 88.0 cm³/mol. The summed E-state index contributed by atoms with van der Waals surface area (Å²) in [7, 11) is -3.23. The maximum atomic E-state index is 11.9. The van der Waals surface area contributed by atoms with E-state index in [1.54, 1.807) is 18.3 Å². The van der Waals surface area contributed by atoms with Crippen LogP contribution in [0.1, 0.15) is 25.7 Å². The summed E-state index contributed by atoms with van der Waals surface area (Å²) in [5.74, 6) is 1.37. The van der Waals surface area contributed by atoms with Crippen molar-refractivity contribution in [2.45, 2.75) is 30.6 Å². The van der Waals surface area contributed by atoms with E-state index in [2.05, 4.69) is 14.8 Å². The molecule has 0 aromatic carbocycles. The molecule has 0 radical (unpaired) electrons. The smallest absolute Gasteiger partial charge is 0.179 e. The van der Waals surface area contributed by atoms with E-state index in [9.17, 15) is 8.42 Å². The normalized spacial score (nSPS) is 21.4. The van der Waals surface area contributed by atoms with E-state index in [0.717, 1.165) is 31.8 Å². The fourth-order valence-corrected chi connectivity index (χ4v) is 4.41. The van der Waals surface area contributed by atoms with Gasteiger partial charge in [-0.3, -0.25) is 0 Å². The Morgan fingerprint density at radius 2 is 1.86 bits per heavy atom. The Morgan fingerprint density at radius 3 is 2.50 bits per heavy atom. The molecule has 0 atom stereocenters. The maximum Gasteiger partial charge on any atom is 0.179 e. The first-order valence-corrected chi connectivity index (χ1v) is 10.1. The summed E-state index contributed by atoms with van der Waals surface area (Å²) >= 11 is 0. The number of anilines is 1. The number of hydrogen-bond donors (Lipinski definition) is 0. The summed E-state index contributed by atoms with van der Waals surface area (Å²) in [5.41, 5.74) is 0. The topological polar surface area (TPSA) is 53.5 Å². The van der Waals surface area contributed by atoms with Gasteiger partial charge in [0, 0.05) is 32.1 Å². The largest absolute Gasteiger partial charge is 0.356 e. The Labute approximate surface area is 133 Å². The van der Waals surface area contributed by atoms with Crippen molar-refractivity contribution >= 4 is 15.7 Å². The van der Waals surface area contributed by atoms with Crippen molar-refractivity contribution in [1.29, 1.82) is 0 Å². The van der Waals surface area contributed by atoms with Crippen LogP contribution in [0.25, 0.3) is 0 Å². The molecule has 6 heteroatoms. The molecule has 2 aliphatic heterocycles. The molecule has 0 unspecified atom stereocenters. The van der Waals surface area contributed by atoms with Gasteiger partial charge in [0.2, 0.25) is 0 Å². The molecule has 0 spiro atoms. The molecule has 1 aromatic rings. The summed E-state index contributed by atoms with van der Waals surface area (Å²) in [5, 5.41) is 0. The van der Waals surface area contributed by atoms with Crippen molar-refractivity contribution in [2.75, 3.05) is 43.9 Å². The monoisotopic (exact) mass is 323 g/mol. The minimum atomic E-state index is -3.23. The van der Waals surface area contributed by atoms with Gasteiger partial charge in [-0.2, -0.15) is 0 Å². The molecular weight excluding hydrogens is 298 g/mol. The molecule has 0 saturated carbocycles. The Kier molecular flexibility index (Phi) is 4.68. The quantitative estimate of drug-likeness (QED) is 0.846. The fourth-order valence-electron chi connectivity index (χ4n) is 3.57. The minimum absolute atomic E-state index is 0.355. The van der Waals surface area contributed by atoms with Crippen molar-refractivity contribution in [3.05, 3.63) is 18.3 Å². The standard InChI is InChI=1S/C16H25N3O2S/c1-22(20,21)15-5-4-8-17-16(15)19-11-6-14(7-12-19)13-18-9-2-3-10-18/h4-5,8,14H,2-3,6-7,9-13H2,1H3. The molecule has 122 valence electrons. The molecule has 2 saturated heterocycles. The highest BCUT2D eigenvalue weighted by molar-refractivity contribution is 7.90. The molecule has 5 nitrogen and oxygen atoms in total. The van der Waals surface area contributed by atoms with Crippen LogP contribution in [-0.4, -0.2) is 57.3 Å². The van der Waals surface area contributed by atoms with Gasteiger partial charge in [0.05, 0.1) is 0 Å². The predicted octanol–water partition coefficient (Wildman–Crippen LogP) is 1.80. The molecular formula is C16H25N3O2S. The van der Waals surface area contributed by atoms with Crippen LogP contribution >= 0.6 is 0 Å². The summed E-state index contributed by atoms with van der Waals surface area (Å²) in [4.78, 5) is 9.40. The molecule has 2 aliphatic rings. The Morgan fingerprint density at radius 1 is 1.18 bits per heavy atom. The third-order valence-electron chi connectivity index (χ3n) is 4.78. The Bertz CT molecular complexity index is 604. The van der Waals surface area contributed by atoms with E-state index >= 15 is 0 Å². The fraction of sp³-hybridized carbons (Fsp3) is 0.688. The SMILES string of the molecule is CS(=O)(=O)c1cccnc1N1CCC(CN2CCCC2)CC1. The number of nitrogens with zero attached hydrogens (tertiary/aromatic N) is 3. The molecule has 2 fully saturated rings. The molecule has 0 N–H and O–H groups in total. The van der Waals surface area contributed by atoms with E-state index in [1.165, 1.54) is 38.7 Å². The van der Waals surface area contributed by atoms with Crippen LogP contribution in [0.15, 0.2) is 23.2 Å². The van der Waals surface area contributed by atoms with Crippen molar-refractivity contribution < 1.29 is 8.42 Å². The van der Waals surface area contributed by atoms with E-state index < -0.39 is 9.84 Å². The van der Waals surface area contributed by atoms with Gasteiger partial charge in [-0.15, -0.1) is 0 Å². The van der Waals surface area contributed by atoms with Gasteiger partial charge in [-0.25, -0.2) is 13.4 Å². The second kappa shape index (κ2) is 6.54. The van der Waals surface area contributed by atoms with Crippen LogP contribution in [0.5, 0.6) is 0 Å². The molecule has 3 rings (SSSR count). The third-order valence-corrected chi connectivity index (χ3v) is 5.90. The highest BCUT2D eigenvalue weighted by Gasteiger charge is 2.26. The van der Waals surface area contributed by atoms with E-state index in [-0.39, 0.29) is 0 Å². The van der Waals surface area contributed by atoms with Crippen molar-refractivity contribution in [1.82, 2.24) is 9.88 Å². The molecule has 0 aliphatic carbocycles. The number of hydrogen-bond acceptors (Lipinski definition) is 5. The lowest BCUT2D eigenvalue weighted by Crippen LogP contribution is -2.39.